The van der Waals surface area contributed by atoms with Crippen LogP contribution < -0.4 is 0 Å². The normalized spacial score (nSPS) is 9.87. The Bertz CT molecular complexity index is 517. The van der Waals surface area contributed by atoms with E-state index in [0.29, 0.717) is 5.05 Å². The van der Waals surface area contributed by atoms with Gasteiger partial charge < -0.3 is 4.74 Å². The second kappa shape index (κ2) is 4.24. The van der Waals surface area contributed by atoms with Crippen molar-refractivity contribution in [1.82, 2.24) is 0 Å². The Hall–Kier alpha value is -1.67. The van der Waals surface area contributed by atoms with Crippen LogP contribution in [-0.2, 0) is 4.74 Å². The highest BCUT2D eigenvalue weighted by Crippen LogP contribution is 2.16. The molecule has 0 aliphatic heterocycles. The first kappa shape index (κ1) is 9.87. The van der Waals surface area contributed by atoms with Gasteiger partial charge >= 0.3 is 0 Å². The molecule has 2 heteroatoms. The van der Waals surface area contributed by atoms with Crippen molar-refractivity contribution in [2.24, 2.45) is 0 Å². The molecule has 0 aliphatic carbocycles. The van der Waals surface area contributed by atoms with E-state index in [-0.39, 0.29) is 0 Å². The van der Waals surface area contributed by atoms with E-state index in [1.165, 1.54) is 11.6 Å². The van der Waals surface area contributed by atoms with E-state index in [2.05, 4.69) is 18.7 Å². The number of hydrogen-bond acceptors (Lipinski definition) is 2. The maximum atomic E-state index is 5.09. The standard InChI is InChI=1S/C13H10OS/c1-2-14-13(15)12-8-7-10-5-3-4-6-11(10)9-12/h2-9H,1H2. The summed E-state index contributed by atoms with van der Waals surface area (Å²) in [6.45, 7) is 3.48. The van der Waals surface area contributed by atoms with Gasteiger partial charge in [-0.2, -0.15) is 0 Å². The number of fused-ring (bicyclic) bond motifs is 1. The lowest BCUT2D eigenvalue weighted by Crippen LogP contribution is -1.97. The lowest BCUT2D eigenvalue weighted by atomic mass is 10.1. The van der Waals surface area contributed by atoms with Crippen molar-refractivity contribution in [2.45, 2.75) is 0 Å². The van der Waals surface area contributed by atoms with Crippen LogP contribution in [0, 0.1) is 0 Å². The minimum Gasteiger partial charge on any atom is -0.453 e. The second-order valence-electron chi connectivity index (χ2n) is 3.13. The summed E-state index contributed by atoms with van der Waals surface area (Å²) < 4.78 is 5.07. The third kappa shape index (κ3) is 2.05. The van der Waals surface area contributed by atoms with E-state index in [9.17, 15) is 0 Å². The summed E-state index contributed by atoms with van der Waals surface area (Å²) >= 11 is 5.09. The van der Waals surface area contributed by atoms with E-state index in [1.807, 2.05) is 30.3 Å². The molecular formula is C13H10OS. The zero-order valence-corrected chi connectivity index (χ0v) is 8.96. The third-order valence-corrected chi connectivity index (χ3v) is 2.51. The molecule has 0 bridgehead atoms. The van der Waals surface area contributed by atoms with Gasteiger partial charge in [0.25, 0.3) is 0 Å². The molecule has 0 amide bonds. The zero-order valence-electron chi connectivity index (χ0n) is 8.14. The van der Waals surface area contributed by atoms with Gasteiger partial charge in [-0.3, -0.25) is 0 Å². The maximum absolute atomic E-state index is 5.09. The van der Waals surface area contributed by atoms with Crippen molar-refractivity contribution >= 4 is 28.0 Å². The molecule has 2 aromatic rings. The highest BCUT2D eigenvalue weighted by molar-refractivity contribution is 7.80. The molecule has 0 aliphatic rings. The number of hydrogen-bond donors (Lipinski definition) is 0. The van der Waals surface area contributed by atoms with Crippen molar-refractivity contribution in [3.05, 3.63) is 60.9 Å². The Morgan fingerprint density at radius 1 is 1.13 bits per heavy atom. The summed E-state index contributed by atoms with van der Waals surface area (Å²) in [5.41, 5.74) is 0.906. The molecule has 0 saturated heterocycles. The predicted octanol–water partition coefficient (Wildman–Crippen LogP) is 3.68. The Balaban J connectivity index is 2.46. The summed E-state index contributed by atoms with van der Waals surface area (Å²) in [4.78, 5) is 0. The van der Waals surface area contributed by atoms with Crippen LogP contribution >= 0.6 is 12.2 Å². The van der Waals surface area contributed by atoms with Crippen LogP contribution in [0.3, 0.4) is 0 Å². The number of ether oxygens (including phenoxy) is 1. The quantitative estimate of drug-likeness (QED) is 0.557. The molecular weight excluding hydrogens is 204 g/mol. The van der Waals surface area contributed by atoms with Gasteiger partial charge in [0.1, 0.15) is 0 Å². The fourth-order valence-corrected chi connectivity index (χ4v) is 1.66. The summed E-state index contributed by atoms with van der Waals surface area (Å²) in [5.74, 6) is 0. The fraction of sp³-hybridized carbons (Fsp3) is 0. The molecule has 0 unspecified atom stereocenters. The van der Waals surface area contributed by atoms with E-state index >= 15 is 0 Å². The van der Waals surface area contributed by atoms with Crippen LogP contribution in [-0.4, -0.2) is 5.05 Å². The first-order valence-corrected chi connectivity index (χ1v) is 5.03. The van der Waals surface area contributed by atoms with Crippen LogP contribution in [0.4, 0.5) is 0 Å². The monoisotopic (exact) mass is 214 g/mol. The van der Waals surface area contributed by atoms with Crippen LogP contribution in [0.2, 0.25) is 0 Å². The van der Waals surface area contributed by atoms with E-state index in [0.717, 1.165) is 10.9 Å². The van der Waals surface area contributed by atoms with Crippen LogP contribution in [0.1, 0.15) is 5.56 Å². The van der Waals surface area contributed by atoms with Crippen molar-refractivity contribution in [3.8, 4) is 0 Å². The van der Waals surface area contributed by atoms with Crippen molar-refractivity contribution in [2.75, 3.05) is 0 Å². The lowest BCUT2D eigenvalue weighted by Gasteiger charge is -2.03. The molecule has 0 radical (unpaired) electrons. The van der Waals surface area contributed by atoms with Gasteiger partial charge in [0.2, 0.25) is 0 Å². The second-order valence-corrected chi connectivity index (χ2v) is 3.50. The Kier molecular flexibility index (Phi) is 2.79. The topological polar surface area (TPSA) is 9.23 Å². The smallest absolute Gasteiger partial charge is 0.197 e. The number of benzene rings is 2. The van der Waals surface area contributed by atoms with Gasteiger partial charge in [-0.05, 0) is 35.1 Å². The van der Waals surface area contributed by atoms with Crippen LogP contribution in [0.5, 0.6) is 0 Å². The molecule has 1 nitrogen and oxygen atoms in total. The van der Waals surface area contributed by atoms with Crippen molar-refractivity contribution in [3.63, 3.8) is 0 Å². The first-order chi connectivity index (χ1) is 7.31. The first-order valence-electron chi connectivity index (χ1n) is 4.62. The van der Waals surface area contributed by atoms with Crippen molar-refractivity contribution in [1.29, 1.82) is 0 Å². The number of thiocarbonyl (C=S) groups is 1. The Labute approximate surface area is 94.0 Å². The van der Waals surface area contributed by atoms with Crippen LogP contribution in [0.15, 0.2) is 55.3 Å². The molecule has 0 aromatic heterocycles. The Morgan fingerprint density at radius 3 is 2.60 bits per heavy atom. The van der Waals surface area contributed by atoms with E-state index in [1.54, 1.807) is 0 Å². The summed E-state index contributed by atoms with van der Waals surface area (Å²) in [5, 5.41) is 2.81. The lowest BCUT2D eigenvalue weighted by molar-refractivity contribution is 0.489. The van der Waals surface area contributed by atoms with Gasteiger partial charge in [0.15, 0.2) is 5.05 Å². The van der Waals surface area contributed by atoms with Gasteiger partial charge in [0.05, 0.1) is 6.26 Å². The molecule has 0 fully saturated rings. The zero-order chi connectivity index (χ0) is 10.7. The molecule has 0 N–H and O–H groups in total. The highest BCUT2D eigenvalue weighted by atomic mass is 32.1. The molecule has 2 aromatic carbocycles. The summed E-state index contributed by atoms with van der Waals surface area (Å²) in [6.07, 6.45) is 1.34. The van der Waals surface area contributed by atoms with Crippen LogP contribution in [0.25, 0.3) is 10.8 Å². The Morgan fingerprint density at radius 2 is 1.87 bits per heavy atom. The van der Waals surface area contributed by atoms with Gasteiger partial charge in [0, 0.05) is 5.56 Å². The molecule has 0 heterocycles. The predicted molar refractivity (Wildman–Crippen MR) is 66.9 cm³/mol. The molecule has 74 valence electrons. The average molecular weight is 214 g/mol. The largest absolute Gasteiger partial charge is 0.453 e. The van der Waals surface area contributed by atoms with E-state index in [4.69, 9.17) is 17.0 Å². The summed E-state index contributed by atoms with van der Waals surface area (Å²) in [7, 11) is 0. The molecule has 0 spiro atoms. The minimum atomic E-state index is 0.454. The highest BCUT2D eigenvalue weighted by Gasteiger charge is 2.01. The SMILES string of the molecule is C=COC(=S)c1ccc2ccccc2c1. The van der Waals surface area contributed by atoms with Crippen molar-refractivity contribution < 1.29 is 4.74 Å². The molecule has 2 rings (SSSR count). The molecule has 0 atom stereocenters. The third-order valence-electron chi connectivity index (χ3n) is 2.18. The molecule has 0 saturated carbocycles. The van der Waals surface area contributed by atoms with Gasteiger partial charge in [-0.15, -0.1) is 0 Å². The molecule has 15 heavy (non-hydrogen) atoms. The average Bonchev–Trinajstić information content (AvgIpc) is 2.29. The summed E-state index contributed by atoms with van der Waals surface area (Å²) in [6, 6.07) is 14.1. The maximum Gasteiger partial charge on any atom is 0.197 e. The number of rotatable bonds is 2. The fourth-order valence-electron chi connectivity index (χ4n) is 1.46. The minimum absolute atomic E-state index is 0.454. The van der Waals surface area contributed by atoms with Gasteiger partial charge in [-0.1, -0.05) is 36.9 Å². The van der Waals surface area contributed by atoms with Gasteiger partial charge in [-0.25, -0.2) is 0 Å². The van der Waals surface area contributed by atoms with E-state index < -0.39 is 0 Å².